The number of unbranched alkanes of at least 4 members (excludes halogenated alkanes) is 1. The number of imide groups is 1. The summed E-state index contributed by atoms with van der Waals surface area (Å²) in [4.78, 5) is 30.9. The summed E-state index contributed by atoms with van der Waals surface area (Å²) in [7, 11) is 0. The second-order valence-corrected chi connectivity index (χ2v) is 7.63. The van der Waals surface area contributed by atoms with E-state index in [1.54, 1.807) is 36.4 Å². The fraction of sp³-hybridized carbons (Fsp3) is 0.261. The van der Waals surface area contributed by atoms with Crippen LogP contribution in [0.2, 0.25) is 5.15 Å². The predicted molar refractivity (Wildman–Crippen MR) is 115 cm³/mol. The Labute approximate surface area is 179 Å². The first kappa shape index (κ1) is 20.3. The smallest absolute Gasteiger partial charge is 0.266 e. The first-order valence-electron chi connectivity index (χ1n) is 9.96. The van der Waals surface area contributed by atoms with Gasteiger partial charge >= 0.3 is 0 Å². The van der Waals surface area contributed by atoms with Gasteiger partial charge in [-0.25, -0.2) is 9.88 Å². The van der Waals surface area contributed by atoms with Crippen molar-refractivity contribution in [1.29, 1.82) is 0 Å². The predicted octanol–water partition coefficient (Wildman–Crippen LogP) is 4.22. The maximum atomic E-state index is 12.7. The number of carbonyl (C=O) groups excluding carboxylic acids is 2. The van der Waals surface area contributed by atoms with E-state index in [4.69, 9.17) is 11.6 Å². The number of amides is 2. The summed E-state index contributed by atoms with van der Waals surface area (Å²) in [5, 5.41) is 10.0. The van der Waals surface area contributed by atoms with Crippen molar-refractivity contribution in [3.05, 3.63) is 81.9 Å². The second kappa shape index (κ2) is 8.42. The van der Waals surface area contributed by atoms with Crippen LogP contribution in [0.25, 0.3) is 0 Å². The average Bonchev–Trinajstić information content (AvgIpc) is 3.20. The second-order valence-electron chi connectivity index (χ2n) is 7.27. The van der Waals surface area contributed by atoms with Gasteiger partial charge < -0.3 is 9.67 Å². The number of fused-ring (bicyclic) bond motifs is 1. The van der Waals surface area contributed by atoms with Crippen LogP contribution in [0, 0.1) is 0 Å². The topological polar surface area (TPSA) is 75.4 Å². The lowest BCUT2D eigenvalue weighted by molar-refractivity contribution is 0.0926. The number of halogens is 1. The van der Waals surface area contributed by atoms with Crippen molar-refractivity contribution in [2.45, 2.75) is 39.3 Å². The molecular formula is C23H22ClN3O3. The molecule has 3 aromatic rings. The van der Waals surface area contributed by atoms with Crippen molar-refractivity contribution in [2.24, 2.45) is 0 Å². The molecule has 2 heterocycles. The molecule has 1 aliphatic rings. The summed E-state index contributed by atoms with van der Waals surface area (Å²) in [6.45, 7) is 2.42. The Balaban J connectivity index is 1.59. The summed E-state index contributed by atoms with van der Waals surface area (Å²) in [6.07, 6.45) is 2.80. The van der Waals surface area contributed by atoms with Crippen LogP contribution in [0.5, 0.6) is 0 Å². The number of hydrogen-bond donors (Lipinski definition) is 1. The normalized spacial score (nSPS) is 13.2. The lowest BCUT2D eigenvalue weighted by Gasteiger charge is -2.15. The van der Waals surface area contributed by atoms with Gasteiger partial charge in [0, 0.05) is 13.0 Å². The minimum Gasteiger partial charge on any atom is -0.390 e. The number of imidazole rings is 1. The Bertz CT molecular complexity index is 1070. The molecule has 0 unspecified atom stereocenters. The van der Waals surface area contributed by atoms with E-state index in [1.165, 1.54) is 4.90 Å². The Morgan fingerprint density at radius 3 is 2.20 bits per heavy atom. The molecule has 2 aromatic carbocycles. The van der Waals surface area contributed by atoms with Crippen LogP contribution in [0.4, 0.5) is 5.69 Å². The van der Waals surface area contributed by atoms with Gasteiger partial charge in [0.2, 0.25) is 0 Å². The molecule has 0 radical (unpaired) electrons. The van der Waals surface area contributed by atoms with E-state index in [1.807, 2.05) is 16.7 Å². The van der Waals surface area contributed by atoms with E-state index in [2.05, 4.69) is 11.9 Å². The summed E-state index contributed by atoms with van der Waals surface area (Å²) < 4.78 is 1.94. The fourth-order valence-corrected chi connectivity index (χ4v) is 3.98. The molecule has 2 amide bonds. The van der Waals surface area contributed by atoms with Crippen molar-refractivity contribution < 1.29 is 14.7 Å². The number of nitrogens with zero attached hydrogens (tertiary/aromatic N) is 3. The summed E-state index contributed by atoms with van der Waals surface area (Å²) in [5.41, 5.74) is 2.92. The highest BCUT2D eigenvalue weighted by atomic mass is 35.5. The Hall–Kier alpha value is -2.96. The van der Waals surface area contributed by atoms with Crippen LogP contribution in [0.1, 0.15) is 57.6 Å². The molecule has 4 rings (SSSR count). The number of aliphatic hydroxyl groups excluding tert-OH is 1. The van der Waals surface area contributed by atoms with Gasteiger partial charge in [-0.2, -0.15) is 0 Å². The minimum atomic E-state index is -0.311. The fourth-order valence-electron chi connectivity index (χ4n) is 3.73. The number of anilines is 1. The van der Waals surface area contributed by atoms with E-state index in [9.17, 15) is 14.7 Å². The van der Waals surface area contributed by atoms with E-state index in [-0.39, 0.29) is 18.4 Å². The monoisotopic (exact) mass is 423 g/mol. The van der Waals surface area contributed by atoms with Crippen LogP contribution >= 0.6 is 11.6 Å². The van der Waals surface area contributed by atoms with Gasteiger partial charge in [-0.15, -0.1) is 0 Å². The van der Waals surface area contributed by atoms with Gasteiger partial charge in [0.05, 0.1) is 29.1 Å². The maximum Gasteiger partial charge on any atom is 0.266 e. The lowest BCUT2D eigenvalue weighted by atomic mass is 10.1. The Kier molecular flexibility index (Phi) is 5.70. The maximum absolute atomic E-state index is 12.7. The third-order valence-corrected chi connectivity index (χ3v) is 5.64. The number of hydrogen-bond acceptors (Lipinski definition) is 4. The van der Waals surface area contributed by atoms with Crippen molar-refractivity contribution in [1.82, 2.24) is 9.55 Å². The molecule has 6 nitrogen and oxygen atoms in total. The highest BCUT2D eigenvalue weighted by Gasteiger charge is 2.36. The van der Waals surface area contributed by atoms with E-state index in [0.29, 0.717) is 34.2 Å². The van der Waals surface area contributed by atoms with E-state index < -0.39 is 0 Å². The zero-order valence-electron chi connectivity index (χ0n) is 16.6. The van der Waals surface area contributed by atoms with Crippen molar-refractivity contribution in [3.8, 4) is 0 Å². The molecule has 0 saturated carbocycles. The van der Waals surface area contributed by atoms with Gasteiger partial charge in [-0.3, -0.25) is 9.59 Å². The molecule has 0 aliphatic carbocycles. The van der Waals surface area contributed by atoms with Crippen molar-refractivity contribution in [3.63, 3.8) is 0 Å². The zero-order chi connectivity index (χ0) is 21.3. The van der Waals surface area contributed by atoms with Gasteiger partial charge in [-0.1, -0.05) is 49.2 Å². The first-order chi connectivity index (χ1) is 14.5. The molecule has 1 N–H and O–H groups in total. The average molecular weight is 424 g/mol. The molecule has 0 saturated heterocycles. The van der Waals surface area contributed by atoms with Crippen molar-refractivity contribution in [2.75, 3.05) is 4.90 Å². The number of benzene rings is 2. The van der Waals surface area contributed by atoms with Crippen LogP contribution < -0.4 is 4.90 Å². The molecule has 0 fully saturated rings. The largest absolute Gasteiger partial charge is 0.390 e. The quantitative estimate of drug-likeness (QED) is 0.577. The lowest BCUT2D eigenvalue weighted by Crippen LogP contribution is -2.29. The number of aryl methyl sites for hydroxylation is 1. The molecule has 0 bridgehead atoms. The highest BCUT2D eigenvalue weighted by molar-refractivity contribution is 6.34. The van der Waals surface area contributed by atoms with Gasteiger partial charge in [0.25, 0.3) is 11.8 Å². The third kappa shape index (κ3) is 3.53. The molecule has 154 valence electrons. The summed E-state index contributed by atoms with van der Waals surface area (Å²) >= 11 is 6.21. The molecule has 1 aromatic heterocycles. The molecule has 0 spiro atoms. The van der Waals surface area contributed by atoms with Crippen LogP contribution in [-0.4, -0.2) is 26.5 Å². The standard InChI is InChI=1S/C23H22ClN3O3/c1-2-3-8-20-25-21(24)19(14-28)26(20)13-15-9-11-16(12-10-15)27-22(29)17-6-4-5-7-18(17)23(27)30/h4-7,9-12,28H,2-3,8,13-14H2,1H3. The van der Waals surface area contributed by atoms with Gasteiger partial charge in [-0.05, 0) is 36.2 Å². The molecule has 30 heavy (non-hydrogen) atoms. The molecular weight excluding hydrogens is 402 g/mol. The molecule has 7 heteroatoms. The first-order valence-corrected chi connectivity index (χ1v) is 10.3. The summed E-state index contributed by atoms with van der Waals surface area (Å²) in [5.74, 6) is 0.221. The number of aromatic nitrogens is 2. The van der Waals surface area contributed by atoms with Crippen LogP contribution in [0.15, 0.2) is 48.5 Å². The van der Waals surface area contributed by atoms with E-state index in [0.717, 1.165) is 30.7 Å². The van der Waals surface area contributed by atoms with Gasteiger partial charge in [0.1, 0.15) is 5.82 Å². The number of aliphatic hydroxyl groups is 1. The van der Waals surface area contributed by atoms with Crippen molar-refractivity contribution >= 4 is 29.1 Å². The highest BCUT2D eigenvalue weighted by Crippen LogP contribution is 2.29. The van der Waals surface area contributed by atoms with Crippen LogP contribution in [-0.2, 0) is 19.6 Å². The van der Waals surface area contributed by atoms with Crippen LogP contribution in [0.3, 0.4) is 0 Å². The minimum absolute atomic E-state index is 0.189. The number of carbonyl (C=O) groups is 2. The van der Waals surface area contributed by atoms with E-state index >= 15 is 0 Å². The Morgan fingerprint density at radius 1 is 1.00 bits per heavy atom. The zero-order valence-corrected chi connectivity index (χ0v) is 17.4. The molecule has 1 aliphatic heterocycles. The SMILES string of the molecule is CCCCc1nc(Cl)c(CO)n1Cc1ccc(N2C(=O)c3ccccc3C2=O)cc1. The number of rotatable bonds is 7. The van der Waals surface area contributed by atoms with Gasteiger partial charge in [0.15, 0.2) is 5.15 Å². The summed E-state index contributed by atoms with van der Waals surface area (Å²) in [6, 6.07) is 14.1. The molecule has 0 atom stereocenters. The Morgan fingerprint density at radius 2 is 1.63 bits per heavy atom. The third-order valence-electron chi connectivity index (χ3n) is 5.34.